The van der Waals surface area contributed by atoms with E-state index < -0.39 is 0 Å². The van der Waals surface area contributed by atoms with Crippen LogP contribution in [0.3, 0.4) is 0 Å². The van der Waals surface area contributed by atoms with Crippen LogP contribution in [0.5, 0.6) is 11.5 Å². The molecular weight excluding hydrogens is 460 g/mol. The van der Waals surface area contributed by atoms with Gasteiger partial charge in [0.15, 0.2) is 0 Å². The largest absolute Gasteiger partial charge is 0.497 e. The van der Waals surface area contributed by atoms with E-state index in [0.29, 0.717) is 41.7 Å². The molecule has 3 amide bonds. The maximum Gasteiger partial charge on any atom is 0.327 e. The van der Waals surface area contributed by atoms with Crippen LogP contribution in [0.15, 0.2) is 53.1 Å². The lowest BCUT2D eigenvalue weighted by atomic mass is 9.81. The molecule has 3 aromatic rings. The van der Waals surface area contributed by atoms with Gasteiger partial charge in [0.25, 0.3) is 0 Å². The monoisotopic (exact) mass is 490 g/mol. The Kier molecular flexibility index (Phi) is 6.88. The molecule has 5 rings (SSSR count). The summed E-state index contributed by atoms with van der Waals surface area (Å²) in [5.74, 6) is 1.63. The van der Waals surface area contributed by atoms with E-state index >= 15 is 0 Å². The summed E-state index contributed by atoms with van der Waals surface area (Å²) in [7, 11) is 3.15. The number of benzene rings is 2. The van der Waals surface area contributed by atoms with E-state index in [1.165, 1.54) is 4.90 Å². The molecule has 1 saturated heterocycles. The van der Waals surface area contributed by atoms with Crippen molar-refractivity contribution >= 4 is 11.9 Å². The molecule has 2 fully saturated rings. The van der Waals surface area contributed by atoms with Crippen molar-refractivity contribution in [3.8, 4) is 22.9 Å². The van der Waals surface area contributed by atoms with Crippen molar-refractivity contribution in [2.24, 2.45) is 5.92 Å². The first-order valence-electron chi connectivity index (χ1n) is 12.3. The van der Waals surface area contributed by atoms with Crippen molar-refractivity contribution in [3.63, 3.8) is 0 Å². The van der Waals surface area contributed by atoms with E-state index in [-0.39, 0.29) is 30.4 Å². The first-order chi connectivity index (χ1) is 17.6. The normalized spacial score (nSPS) is 19.8. The Morgan fingerprint density at radius 2 is 1.83 bits per heavy atom. The third-order valence-corrected chi connectivity index (χ3v) is 7.08. The van der Waals surface area contributed by atoms with Crippen molar-refractivity contribution in [3.05, 3.63) is 60.0 Å². The second kappa shape index (κ2) is 10.4. The first-order valence-corrected chi connectivity index (χ1v) is 12.3. The molecule has 2 heterocycles. The highest BCUT2D eigenvalue weighted by atomic mass is 16.5. The van der Waals surface area contributed by atoms with Crippen molar-refractivity contribution in [1.82, 2.24) is 19.9 Å². The highest BCUT2D eigenvalue weighted by Crippen LogP contribution is 2.36. The smallest absolute Gasteiger partial charge is 0.327 e. The third kappa shape index (κ3) is 4.65. The van der Waals surface area contributed by atoms with Crippen molar-refractivity contribution < 1.29 is 23.6 Å². The topological polar surface area (TPSA) is 98.0 Å². The van der Waals surface area contributed by atoms with Crippen LogP contribution in [0.2, 0.25) is 0 Å². The standard InChI is InChI=1S/C27H30N4O5/c1-34-19-12-13-21(23(16-19)35-2)25-28-24(36-29-25)17-31-22-11-7-6-10-20(22)26(32)30(27(31)33)15-14-18-8-4-3-5-9-18/h3-5,8-9,12-13,16,20,22H,6-7,10-11,14-15,17H2,1-2H3. The molecule has 2 aromatic carbocycles. The Morgan fingerprint density at radius 1 is 1.03 bits per heavy atom. The summed E-state index contributed by atoms with van der Waals surface area (Å²) in [5.41, 5.74) is 1.75. The number of amides is 3. The van der Waals surface area contributed by atoms with Crippen LogP contribution >= 0.6 is 0 Å². The van der Waals surface area contributed by atoms with E-state index in [2.05, 4.69) is 10.1 Å². The minimum Gasteiger partial charge on any atom is -0.497 e. The molecule has 0 radical (unpaired) electrons. The van der Waals surface area contributed by atoms with Gasteiger partial charge < -0.3 is 18.9 Å². The molecule has 0 N–H and O–H groups in total. The van der Waals surface area contributed by atoms with Gasteiger partial charge in [-0.15, -0.1) is 0 Å². The predicted molar refractivity (Wildman–Crippen MR) is 131 cm³/mol. The minimum absolute atomic E-state index is 0.0638. The Hall–Kier alpha value is -3.88. The number of carbonyl (C=O) groups excluding carboxylic acids is 2. The number of nitrogens with zero attached hydrogens (tertiary/aromatic N) is 4. The maximum atomic E-state index is 13.6. The highest BCUT2D eigenvalue weighted by Gasteiger charge is 2.47. The summed E-state index contributed by atoms with van der Waals surface area (Å²) < 4.78 is 16.3. The number of rotatable bonds is 8. The van der Waals surface area contributed by atoms with Crippen molar-refractivity contribution in [2.75, 3.05) is 20.8 Å². The Balaban J connectivity index is 1.37. The van der Waals surface area contributed by atoms with Gasteiger partial charge in [-0.05, 0) is 37.0 Å². The number of ether oxygens (including phenoxy) is 2. The Morgan fingerprint density at radius 3 is 2.61 bits per heavy atom. The lowest BCUT2D eigenvalue weighted by Crippen LogP contribution is -2.62. The Labute approximate surface area is 210 Å². The number of hydrogen-bond acceptors (Lipinski definition) is 7. The van der Waals surface area contributed by atoms with Crippen LogP contribution in [0.4, 0.5) is 4.79 Å². The van der Waals surface area contributed by atoms with E-state index in [1.807, 2.05) is 30.3 Å². The van der Waals surface area contributed by atoms with Gasteiger partial charge in [-0.1, -0.05) is 48.3 Å². The average Bonchev–Trinajstić information content (AvgIpc) is 3.39. The number of carbonyl (C=O) groups is 2. The van der Waals surface area contributed by atoms with Crippen LogP contribution in [0.25, 0.3) is 11.4 Å². The van der Waals surface area contributed by atoms with Gasteiger partial charge in [0.05, 0.1) is 25.7 Å². The molecule has 9 heteroatoms. The van der Waals surface area contributed by atoms with E-state index in [1.54, 1.807) is 37.3 Å². The molecule has 36 heavy (non-hydrogen) atoms. The summed E-state index contributed by atoms with van der Waals surface area (Å²) in [6.45, 7) is 0.500. The van der Waals surface area contributed by atoms with Crippen LogP contribution < -0.4 is 9.47 Å². The Bertz CT molecular complexity index is 1230. The number of imide groups is 1. The molecule has 1 aliphatic heterocycles. The SMILES string of the molecule is COc1ccc(-c2noc(CN3C(=O)N(CCc4ccccc4)C(=O)C4CCCCC43)n2)c(OC)c1. The van der Waals surface area contributed by atoms with Crippen LogP contribution in [0.1, 0.15) is 37.1 Å². The summed E-state index contributed by atoms with van der Waals surface area (Å²) in [6, 6.07) is 14.8. The quantitative estimate of drug-likeness (QED) is 0.464. The van der Waals surface area contributed by atoms with Gasteiger partial charge in [-0.3, -0.25) is 9.69 Å². The molecule has 0 spiro atoms. The number of aromatic nitrogens is 2. The maximum absolute atomic E-state index is 13.6. The number of urea groups is 1. The minimum atomic E-state index is -0.291. The van der Waals surface area contributed by atoms with Crippen LogP contribution in [-0.2, 0) is 17.8 Å². The molecule has 1 aliphatic carbocycles. The number of hydrogen-bond donors (Lipinski definition) is 0. The van der Waals surface area contributed by atoms with E-state index in [9.17, 15) is 9.59 Å². The molecule has 2 atom stereocenters. The molecule has 1 saturated carbocycles. The van der Waals surface area contributed by atoms with E-state index in [4.69, 9.17) is 14.0 Å². The zero-order chi connectivity index (χ0) is 25.1. The molecule has 1 aromatic heterocycles. The summed E-state index contributed by atoms with van der Waals surface area (Å²) in [5, 5.41) is 4.13. The first kappa shape index (κ1) is 23.8. The fourth-order valence-electron chi connectivity index (χ4n) is 5.20. The van der Waals surface area contributed by atoms with Gasteiger partial charge in [0, 0.05) is 18.7 Å². The zero-order valence-electron chi connectivity index (χ0n) is 20.6. The third-order valence-electron chi connectivity index (χ3n) is 7.08. The van der Waals surface area contributed by atoms with Crippen LogP contribution in [0, 0.1) is 5.92 Å². The highest BCUT2D eigenvalue weighted by molar-refractivity contribution is 5.98. The van der Waals surface area contributed by atoms with Gasteiger partial charge >= 0.3 is 6.03 Å². The summed E-state index contributed by atoms with van der Waals surface area (Å²) >= 11 is 0. The number of fused-ring (bicyclic) bond motifs is 1. The average molecular weight is 491 g/mol. The molecule has 9 nitrogen and oxygen atoms in total. The molecule has 2 unspecified atom stereocenters. The second-order valence-electron chi connectivity index (χ2n) is 9.17. The van der Waals surface area contributed by atoms with Crippen molar-refractivity contribution in [2.45, 2.75) is 44.7 Å². The fourth-order valence-corrected chi connectivity index (χ4v) is 5.20. The van der Waals surface area contributed by atoms with Crippen LogP contribution in [-0.4, -0.2) is 58.7 Å². The van der Waals surface area contributed by atoms with Gasteiger partial charge in [0.1, 0.15) is 18.0 Å². The molecule has 0 bridgehead atoms. The lowest BCUT2D eigenvalue weighted by molar-refractivity contribution is -0.140. The van der Waals surface area contributed by atoms with Crippen molar-refractivity contribution in [1.29, 1.82) is 0 Å². The fraction of sp³-hybridized carbons (Fsp3) is 0.407. The van der Waals surface area contributed by atoms with Gasteiger partial charge in [0.2, 0.25) is 17.6 Å². The predicted octanol–water partition coefficient (Wildman–Crippen LogP) is 4.32. The summed E-state index contributed by atoms with van der Waals surface area (Å²) in [4.78, 5) is 34.6. The second-order valence-corrected chi connectivity index (χ2v) is 9.17. The van der Waals surface area contributed by atoms with Gasteiger partial charge in [-0.2, -0.15) is 4.98 Å². The zero-order valence-corrected chi connectivity index (χ0v) is 20.6. The van der Waals surface area contributed by atoms with E-state index in [0.717, 1.165) is 31.2 Å². The number of methoxy groups -OCH3 is 2. The van der Waals surface area contributed by atoms with Gasteiger partial charge in [-0.25, -0.2) is 4.79 Å². The molecule has 188 valence electrons. The summed E-state index contributed by atoms with van der Waals surface area (Å²) in [6.07, 6.45) is 4.17. The molecule has 2 aliphatic rings. The lowest BCUT2D eigenvalue weighted by Gasteiger charge is -2.46. The molecular formula is C27H30N4O5.